The highest BCUT2D eigenvalue weighted by Crippen LogP contribution is 2.31. The van der Waals surface area contributed by atoms with E-state index in [0.717, 1.165) is 36.1 Å². The average molecular weight is 327 g/mol. The SMILES string of the molecule is COCC1(C(=O)Nc2ccc(Br)cc2)CCNCC1. The summed E-state index contributed by atoms with van der Waals surface area (Å²) in [6.45, 7) is 2.19. The number of hydrogen-bond donors (Lipinski definition) is 2. The molecule has 4 nitrogen and oxygen atoms in total. The molecular weight excluding hydrogens is 308 g/mol. The Balaban J connectivity index is 2.09. The van der Waals surface area contributed by atoms with Crippen molar-refractivity contribution in [2.45, 2.75) is 12.8 Å². The van der Waals surface area contributed by atoms with Gasteiger partial charge in [0.05, 0.1) is 12.0 Å². The fourth-order valence-corrected chi connectivity index (χ4v) is 2.68. The normalized spacial score (nSPS) is 18.0. The number of nitrogens with one attached hydrogen (secondary N) is 2. The van der Waals surface area contributed by atoms with E-state index in [9.17, 15) is 4.79 Å². The zero-order valence-corrected chi connectivity index (χ0v) is 12.6. The average Bonchev–Trinajstić information content (AvgIpc) is 2.43. The van der Waals surface area contributed by atoms with Gasteiger partial charge in [0.2, 0.25) is 5.91 Å². The molecular formula is C14H19BrN2O2. The molecule has 1 aromatic rings. The fraction of sp³-hybridized carbons (Fsp3) is 0.500. The van der Waals surface area contributed by atoms with Crippen molar-refractivity contribution in [2.75, 3.05) is 32.1 Å². The lowest BCUT2D eigenvalue weighted by molar-refractivity contribution is -0.130. The van der Waals surface area contributed by atoms with Crippen LogP contribution in [-0.4, -0.2) is 32.7 Å². The summed E-state index contributed by atoms with van der Waals surface area (Å²) in [6, 6.07) is 7.62. The monoisotopic (exact) mass is 326 g/mol. The largest absolute Gasteiger partial charge is 0.384 e. The number of amides is 1. The van der Waals surface area contributed by atoms with Gasteiger partial charge in [0, 0.05) is 17.3 Å². The van der Waals surface area contributed by atoms with Crippen LogP contribution in [-0.2, 0) is 9.53 Å². The molecule has 104 valence electrons. The third-order valence-electron chi connectivity index (χ3n) is 3.57. The van der Waals surface area contributed by atoms with Gasteiger partial charge in [-0.1, -0.05) is 15.9 Å². The summed E-state index contributed by atoms with van der Waals surface area (Å²) in [5.74, 6) is 0.0539. The summed E-state index contributed by atoms with van der Waals surface area (Å²) in [6.07, 6.45) is 1.62. The molecule has 2 N–H and O–H groups in total. The third-order valence-corrected chi connectivity index (χ3v) is 4.09. The number of anilines is 1. The number of benzene rings is 1. The Labute approximate surface area is 122 Å². The summed E-state index contributed by atoms with van der Waals surface area (Å²) >= 11 is 3.38. The molecule has 0 saturated carbocycles. The number of carbonyl (C=O) groups is 1. The number of ether oxygens (including phenoxy) is 1. The molecule has 0 spiro atoms. The molecule has 2 rings (SSSR count). The van der Waals surface area contributed by atoms with Gasteiger partial charge in [-0.25, -0.2) is 0 Å². The molecule has 1 amide bonds. The zero-order valence-electron chi connectivity index (χ0n) is 11.0. The lowest BCUT2D eigenvalue weighted by atomic mass is 9.78. The van der Waals surface area contributed by atoms with Crippen molar-refractivity contribution in [1.82, 2.24) is 5.32 Å². The summed E-state index contributed by atoms with van der Waals surface area (Å²) in [5, 5.41) is 6.28. The standard InChI is InChI=1S/C14H19BrN2O2/c1-19-10-14(6-8-16-9-7-14)13(18)17-12-4-2-11(15)3-5-12/h2-5,16H,6-10H2,1H3,(H,17,18). The molecule has 0 aromatic heterocycles. The minimum absolute atomic E-state index is 0.0539. The van der Waals surface area contributed by atoms with Crippen LogP contribution in [0.5, 0.6) is 0 Å². The van der Waals surface area contributed by atoms with Crippen molar-refractivity contribution in [2.24, 2.45) is 5.41 Å². The van der Waals surface area contributed by atoms with E-state index in [0.29, 0.717) is 6.61 Å². The van der Waals surface area contributed by atoms with E-state index in [4.69, 9.17) is 4.74 Å². The quantitative estimate of drug-likeness (QED) is 0.893. The van der Waals surface area contributed by atoms with Crippen molar-refractivity contribution < 1.29 is 9.53 Å². The van der Waals surface area contributed by atoms with Crippen molar-refractivity contribution in [1.29, 1.82) is 0 Å². The van der Waals surface area contributed by atoms with Gasteiger partial charge in [-0.2, -0.15) is 0 Å². The van der Waals surface area contributed by atoms with Gasteiger partial charge in [-0.15, -0.1) is 0 Å². The van der Waals surface area contributed by atoms with E-state index in [1.54, 1.807) is 7.11 Å². The molecule has 0 aliphatic carbocycles. The first-order valence-electron chi connectivity index (χ1n) is 6.43. The Kier molecular flexibility index (Phi) is 4.96. The molecule has 0 unspecified atom stereocenters. The van der Waals surface area contributed by atoms with Crippen LogP contribution in [0.2, 0.25) is 0 Å². The van der Waals surface area contributed by atoms with E-state index in [1.807, 2.05) is 24.3 Å². The molecule has 1 fully saturated rings. The summed E-state index contributed by atoms with van der Waals surface area (Å²) in [5.41, 5.74) is 0.412. The summed E-state index contributed by atoms with van der Waals surface area (Å²) in [4.78, 5) is 12.5. The maximum atomic E-state index is 12.5. The molecule has 1 aliphatic heterocycles. The Morgan fingerprint density at radius 2 is 2.00 bits per heavy atom. The van der Waals surface area contributed by atoms with Gasteiger partial charge in [-0.3, -0.25) is 4.79 Å². The van der Waals surface area contributed by atoms with Crippen LogP contribution in [0.1, 0.15) is 12.8 Å². The number of rotatable bonds is 4. The topological polar surface area (TPSA) is 50.4 Å². The first-order valence-corrected chi connectivity index (χ1v) is 7.22. The molecule has 0 bridgehead atoms. The van der Waals surface area contributed by atoms with Crippen LogP contribution in [0.3, 0.4) is 0 Å². The number of piperidine rings is 1. The third kappa shape index (κ3) is 3.55. The van der Waals surface area contributed by atoms with Gasteiger partial charge in [0.25, 0.3) is 0 Å². The minimum atomic E-state index is -0.410. The first-order chi connectivity index (χ1) is 9.16. The summed E-state index contributed by atoms with van der Waals surface area (Å²) in [7, 11) is 1.65. The minimum Gasteiger partial charge on any atom is -0.384 e. The smallest absolute Gasteiger partial charge is 0.233 e. The second-order valence-electron chi connectivity index (χ2n) is 4.92. The number of methoxy groups -OCH3 is 1. The van der Waals surface area contributed by atoms with Crippen LogP contribution in [0, 0.1) is 5.41 Å². The molecule has 1 saturated heterocycles. The van der Waals surface area contributed by atoms with Gasteiger partial charge < -0.3 is 15.4 Å². The second-order valence-corrected chi connectivity index (χ2v) is 5.84. The van der Waals surface area contributed by atoms with Crippen molar-refractivity contribution in [3.8, 4) is 0 Å². The van der Waals surface area contributed by atoms with Gasteiger partial charge >= 0.3 is 0 Å². The van der Waals surface area contributed by atoms with Crippen molar-refractivity contribution in [3.63, 3.8) is 0 Å². The molecule has 1 heterocycles. The van der Waals surface area contributed by atoms with Gasteiger partial charge in [0.15, 0.2) is 0 Å². The van der Waals surface area contributed by atoms with E-state index in [2.05, 4.69) is 26.6 Å². The fourth-order valence-electron chi connectivity index (χ4n) is 2.42. The Hall–Kier alpha value is -0.910. The molecule has 5 heteroatoms. The molecule has 1 aliphatic rings. The second kappa shape index (κ2) is 6.50. The van der Waals surface area contributed by atoms with Gasteiger partial charge in [-0.05, 0) is 50.2 Å². The van der Waals surface area contributed by atoms with Crippen LogP contribution in [0.25, 0.3) is 0 Å². The van der Waals surface area contributed by atoms with Gasteiger partial charge in [0.1, 0.15) is 0 Å². The zero-order chi connectivity index (χ0) is 13.7. The molecule has 0 radical (unpaired) electrons. The maximum absolute atomic E-state index is 12.5. The van der Waals surface area contributed by atoms with Crippen LogP contribution >= 0.6 is 15.9 Å². The highest BCUT2D eigenvalue weighted by atomic mass is 79.9. The van der Waals surface area contributed by atoms with Crippen LogP contribution < -0.4 is 10.6 Å². The lowest BCUT2D eigenvalue weighted by Gasteiger charge is -2.35. The number of hydrogen-bond acceptors (Lipinski definition) is 3. The number of halogens is 1. The van der Waals surface area contributed by atoms with Crippen molar-refractivity contribution in [3.05, 3.63) is 28.7 Å². The summed E-state index contributed by atoms with van der Waals surface area (Å²) < 4.78 is 6.27. The molecule has 1 aromatic carbocycles. The Morgan fingerprint density at radius 3 is 2.58 bits per heavy atom. The van der Waals surface area contributed by atoms with Crippen LogP contribution in [0.4, 0.5) is 5.69 Å². The van der Waals surface area contributed by atoms with Crippen molar-refractivity contribution >= 4 is 27.5 Å². The van der Waals surface area contributed by atoms with E-state index in [-0.39, 0.29) is 5.91 Å². The molecule has 0 atom stereocenters. The lowest BCUT2D eigenvalue weighted by Crippen LogP contribution is -2.47. The predicted molar refractivity (Wildman–Crippen MR) is 79.2 cm³/mol. The maximum Gasteiger partial charge on any atom is 0.233 e. The Morgan fingerprint density at radius 1 is 1.37 bits per heavy atom. The Bertz CT molecular complexity index is 422. The van der Waals surface area contributed by atoms with E-state index in [1.165, 1.54) is 0 Å². The molecule has 19 heavy (non-hydrogen) atoms. The highest BCUT2D eigenvalue weighted by Gasteiger charge is 2.39. The number of carbonyl (C=O) groups excluding carboxylic acids is 1. The van der Waals surface area contributed by atoms with E-state index >= 15 is 0 Å². The first kappa shape index (κ1) is 14.5. The highest BCUT2D eigenvalue weighted by molar-refractivity contribution is 9.10. The van der Waals surface area contributed by atoms with Crippen LogP contribution in [0.15, 0.2) is 28.7 Å². The predicted octanol–water partition coefficient (Wildman–Crippen LogP) is 2.40. The van der Waals surface area contributed by atoms with E-state index < -0.39 is 5.41 Å².